The Morgan fingerprint density at radius 3 is 2.00 bits per heavy atom. The fourth-order valence-electron chi connectivity index (χ4n) is 1.42. The number of rotatable bonds is 2. The predicted molar refractivity (Wildman–Crippen MR) is 52.3 cm³/mol. The van der Waals surface area contributed by atoms with Crippen LogP contribution in [0, 0.1) is 0 Å². The molecule has 0 radical (unpaired) electrons. The van der Waals surface area contributed by atoms with Crippen LogP contribution < -0.4 is 0 Å². The second-order valence-electron chi connectivity index (χ2n) is 3.20. The van der Waals surface area contributed by atoms with Crippen LogP contribution in [0.5, 0.6) is 0 Å². The molecule has 3 heteroatoms. The summed E-state index contributed by atoms with van der Waals surface area (Å²) in [6.07, 6.45) is 1.16. The summed E-state index contributed by atoms with van der Waals surface area (Å²) in [5.74, 6) is -2.38. The molecule has 0 amide bonds. The van der Waals surface area contributed by atoms with E-state index >= 15 is 0 Å². The van der Waals surface area contributed by atoms with E-state index in [1.165, 1.54) is 0 Å². The fourth-order valence-corrected chi connectivity index (χ4v) is 1.42. The molecule has 1 aliphatic heterocycles. The van der Waals surface area contributed by atoms with Crippen LogP contribution in [0.2, 0.25) is 0 Å². The largest absolute Gasteiger partial charge is 0.303 e. The fraction of sp³-hybridized carbons (Fsp3) is 1.00. The highest BCUT2D eigenvalue weighted by molar-refractivity contribution is 4.76. The summed E-state index contributed by atoms with van der Waals surface area (Å²) in [5, 5.41) is 0. The van der Waals surface area contributed by atoms with Crippen molar-refractivity contribution in [3.8, 4) is 0 Å². The number of hydrogen-bond acceptors (Lipinski definition) is 1. The lowest BCUT2D eigenvalue weighted by molar-refractivity contribution is -0.0549. The molecule has 1 nitrogen and oxygen atoms in total. The summed E-state index contributed by atoms with van der Waals surface area (Å²) in [7, 11) is 0. The Kier molecular flexibility index (Phi) is 6.21. The van der Waals surface area contributed by atoms with Crippen LogP contribution in [0.15, 0.2) is 0 Å². The Labute approximate surface area is 80.1 Å². The van der Waals surface area contributed by atoms with Gasteiger partial charge in [0.05, 0.1) is 0 Å². The zero-order chi connectivity index (χ0) is 10.3. The van der Waals surface area contributed by atoms with E-state index in [-0.39, 0.29) is 12.8 Å². The van der Waals surface area contributed by atoms with Crippen LogP contribution in [0.3, 0.4) is 0 Å². The maximum Gasteiger partial charge on any atom is 0.250 e. The van der Waals surface area contributed by atoms with Crippen LogP contribution in [0.25, 0.3) is 0 Å². The Balaban J connectivity index is 0.000000671. The Bertz CT molecular complexity index is 116. The quantitative estimate of drug-likeness (QED) is 0.651. The first-order valence-electron chi connectivity index (χ1n) is 5.24. The van der Waals surface area contributed by atoms with Gasteiger partial charge < -0.3 is 4.90 Å². The number of halogens is 2. The molecule has 1 fully saturated rings. The van der Waals surface area contributed by atoms with Crippen molar-refractivity contribution in [1.82, 2.24) is 4.90 Å². The third kappa shape index (κ3) is 5.19. The minimum Gasteiger partial charge on any atom is -0.303 e. The molecule has 1 aliphatic rings. The number of piperidine rings is 1. The van der Waals surface area contributed by atoms with Crippen molar-refractivity contribution in [3.63, 3.8) is 0 Å². The second kappa shape index (κ2) is 6.30. The van der Waals surface area contributed by atoms with Gasteiger partial charge in [-0.1, -0.05) is 20.8 Å². The average molecular weight is 193 g/mol. The first kappa shape index (κ1) is 12.8. The monoisotopic (exact) mass is 193 g/mol. The van der Waals surface area contributed by atoms with Crippen LogP contribution in [-0.2, 0) is 0 Å². The maximum atomic E-state index is 12.6. The zero-order valence-electron chi connectivity index (χ0n) is 8.95. The highest BCUT2D eigenvalue weighted by Crippen LogP contribution is 2.27. The second-order valence-corrected chi connectivity index (χ2v) is 3.20. The topological polar surface area (TPSA) is 3.24 Å². The smallest absolute Gasteiger partial charge is 0.250 e. The minimum absolute atomic E-state index is 0.0486. The van der Waals surface area contributed by atoms with Crippen LogP contribution in [0.4, 0.5) is 8.78 Å². The van der Waals surface area contributed by atoms with Gasteiger partial charge in [-0.2, -0.15) is 0 Å². The van der Waals surface area contributed by atoms with E-state index in [2.05, 4.69) is 11.8 Å². The summed E-state index contributed by atoms with van der Waals surface area (Å²) in [4.78, 5) is 2.11. The number of alkyl halides is 2. The van der Waals surface area contributed by atoms with E-state index in [1.54, 1.807) is 0 Å². The Morgan fingerprint density at radius 2 is 1.62 bits per heavy atom. The molecule has 1 rings (SSSR count). The Hall–Kier alpha value is -0.180. The van der Waals surface area contributed by atoms with E-state index in [0.29, 0.717) is 13.1 Å². The molecule has 0 spiro atoms. The molecule has 0 saturated carbocycles. The van der Waals surface area contributed by atoms with Crippen LogP contribution in [0.1, 0.15) is 40.0 Å². The lowest BCUT2D eigenvalue weighted by Gasteiger charge is -2.31. The number of nitrogens with zero attached hydrogens (tertiary/aromatic N) is 1. The third-order valence-corrected chi connectivity index (χ3v) is 2.13. The molecule has 0 atom stereocenters. The molecule has 0 N–H and O–H groups in total. The van der Waals surface area contributed by atoms with E-state index < -0.39 is 5.92 Å². The van der Waals surface area contributed by atoms with Gasteiger partial charge in [-0.3, -0.25) is 0 Å². The lowest BCUT2D eigenvalue weighted by Crippen LogP contribution is -2.39. The highest BCUT2D eigenvalue weighted by atomic mass is 19.3. The zero-order valence-corrected chi connectivity index (χ0v) is 8.95. The third-order valence-electron chi connectivity index (χ3n) is 2.13. The average Bonchev–Trinajstić information content (AvgIpc) is 2.13. The molecule has 80 valence electrons. The molecule has 0 aromatic rings. The van der Waals surface area contributed by atoms with Gasteiger partial charge in [-0.25, -0.2) is 8.78 Å². The number of likely N-dealkylation sites (tertiary alicyclic amines) is 1. The van der Waals surface area contributed by atoms with Crippen molar-refractivity contribution < 1.29 is 8.78 Å². The normalized spacial score (nSPS) is 21.9. The molecular formula is C10H21F2N. The summed E-state index contributed by atoms with van der Waals surface area (Å²) < 4.78 is 25.2. The van der Waals surface area contributed by atoms with Crippen molar-refractivity contribution >= 4 is 0 Å². The van der Waals surface area contributed by atoms with E-state index in [0.717, 1.165) is 13.0 Å². The van der Waals surface area contributed by atoms with Crippen molar-refractivity contribution in [2.75, 3.05) is 19.6 Å². The SMILES string of the molecule is CC.CCCN1CCC(F)(F)CC1. The number of hydrogen-bond donors (Lipinski definition) is 0. The first-order chi connectivity index (χ1) is 6.14. The van der Waals surface area contributed by atoms with Gasteiger partial charge in [0.25, 0.3) is 5.92 Å². The summed E-state index contributed by atoms with van der Waals surface area (Å²) in [6, 6.07) is 0. The molecule has 0 aliphatic carbocycles. The van der Waals surface area contributed by atoms with Crippen LogP contribution in [-0.4, -0.2) is 30.5 Å². The molecule has 1 heterocycles. The Morgan fingerprint density at radius 1 is 1.15 bits per heavy atom. The van der Waals surface area contributed by atoms with Gasteiger partial charge in [-0.15, -0.1) is 0 Å². The summed E-state index contributed by atoms with van der Waals surface area (Å²) in [5.41, 5.74) is 0. The standard InChI is InChI=1S/C8H15F2N.C2H6/c1-2-5-11-6-3-8(9,10)4-7-11;1-2/h2-7H2,1H3;1-2H3. The van der Waals surface area contributed by atoms with Crippen LogP contribution >= 0.6 is 0 Å². The van der Waals surface area contributed by atoms with Gasteiger partial charge in [0.1, 0.15) is 0 Å². The van der Waals surface area contributed by atoms with E-state index in [4.69, 9.17) is 0 Å². The molecule has 13 heavy (non-hydrogen) atoms. The molecule has 0 bridgehead atoms. The summed E-state index contributed by atoms with van der Waals surface area (Å²) >= 11 is 0. The van der Waals surface area contributed by atoms with Gasteiger partial charge in [0.2, 0.25) is 0 Å². The molecule has 0 unspecified atom stereocenters. The van der Waals surface area contributed by atoms with Gasteiger partial charge in [0.15, 0.2) is 0 Å². The minimum atomic E-state index is -2.38. The molecule has 0 aromatic heterocycles. The maximum absolute atomic E-state index is 12.6. The van der Waals surface area contributed by atoms with Crippen molar-refractivity contribution in [2.45, 2.75) is 46.0 Å². The van der Waals surface area contributed by atoms with Gasteiger partial charge in [0, 0.05) is 25.9 Å². The van der Waals surface area contributed by atoms with E-state index in [9.17, 15) is 8.78 Å². The molecular weight excluding hydrogens is 172 g/mol. The molecule has 1 saturated heterocycles. The molecule has 0 aromatic carbocycles. The predicted octanol–water partition coefficient (Wildman–Crippen LogP) is 3.15. The van der Waals surface area contributed by atoms with Crippen molar-refractivity contribution in [1.29, 1.82) is 0 Å². The van der Waals surface area contributed by atoms with Gasteiger partial charge >= 0.3 is 0 Å². The van der Waals surface area contributed by atoms with E-state index in [1.807, 2.05) is 13.8 Å². The van der Waals surface area contributed by atoms with Gasteiger partial charge in [-0.05, 0) is 13.0 Å². The van der Waals surface area contributed by atoms with Crippen molar-refractivity contribution in [2.24, 2.45) is 0 Å². The highest BCUT2D eigenvalue weighted by Gasteiger charge is 2.33. The summed E-state index contributed by atoms with van der Waals surface area (Å²) in [6.45, 7) is 8.19. The lowest BCUT2D eigenvalue weighted by atomic mass is 10.1. The van der Waals surface area contributed by atoms with Crippen molar-refractivity contribution in [3.05, 3.63) is 0 Å². The first-order valence-corrected chi connectivity index (χ1v) is 5.24.